The van der Waals surface area contributed by atoms with Gasteiger partial charge in [0.15, 0.2) is 5.78 Å². The molecule has 2 N–H and O–H groups in total. The molecule has 0 saturated carbocycles. The van der Waals surface area contributed by atoms with Crippen LogP contribution in [0.3, 0.4) is 0 Å². The highest BCUT2D eigenvalue weighted by atomic mass is 16.5. The van der Waals surface area contributed by atoms with Gasteiger partial charge in [0.25, 0.3) is 0 Å². The van der Waals surface area contributed by atoms with E-state index in [0.717, 1.165) is 0 Å². The Morgan fingerprint density at radius 1 is 1.33 bits per heavy atom. The second kappa shape index (κ2) is 8.04. The summed E-state index contributed by atoms with van der Waals surface area (Å²) >= 11 is 0. The fraction of sp³-hybridized carbons (Fsp3) is 0.400. The van der Waals surface area contributed by atoms with Gasteiger partial charge in [0, 0.05) is 12.0 Å². The summed E-state index contributed by atoms with van der Waals surface area (Å²) in [5.74, 6) is -0.865. The van der Waals surface area contributed by atoms with E-state index in [2.05, 4.69) is 5.32 Å². The summed E-state index contributed by atoms with van der Waals surface area (Å²) in [5, 5.41) is 11.0. The molecule has 0 unspecified atom stereocenters. The van der Waals surface area contributed by atoms with Gasteiger partial charge in [0.2, 0.25) is 5.91 Å². The maximum absolute atomic E-state index is 11.4. The van der Waals surface area contributed by atoms with E-state index in [1.54, 1.807) is 24.3 Å². The molecule has 0 fully saturated rings. The van der Waals surface area contributed by atoms with Crippen molar-refractivity contribution in [2.24, 2.45) is 0 Å². The number of carbonyl (C=O) groups is 3. The fourth-order valence-corrected chi connectivity index (χ4v) is 1.60. The Bertz CT molecular complexity index is 527. The summed E-state index contributed by atoms with van der Waals surface area (Å²) in [7, 11) is 0. The number of Topliss-reactive ketones (excluding diaryl/α,β-unsaturated/α-hetero) is 1. The molecule has 6 nitrogen and oxygen atoms in total. The van der Waals surface area contributed by atoms with Gasteiger partial charge in [0.1, 0.15) is 11.8 Å². The van der Waals surface area contributed by atoms with E-state index < -0.39 is 12.0 Å². The molecule has 21 heavy (non-hydrogen) atoms. The zero-order chi connectivity index (χ0) is 15.8. The molecular weight excluding hydrogens is 274 g/mol. The number of carboxylic acids is 1. The van der Waals surface area contributed by atoms with Gasteiger partial charge in [-0.25, -0.2) is 0 Å². The van der Waals surface area contributed by atoms with Crippen LogP contribution >= 0.6 is 0 Å². The molecule has 1 atom stereocenters. The number of ketones is 1. The van der Waals surface area contributed by atoms with Crippen molar-refractivity contribution in [3.05, 3.63) is 29.8 Å². The van der Waals surface area contributed by atoms with E-state index in [4.69, 9.17) is 9.84 Å². The zero-order valence-electron chi connectivity index (χ0n) is 12.1. The van der Waals surface area contributed by atoms with Crippen LogP contribution in [-0.2, 0) is 9.59 Å². The number of hydrogen-bond donors (Lipinski definition) is 2. The first-order valence-corrected chi connectivity index (χ1v) is 6.66. The van der Waals surface area contributed by atoms with Gasteiger partial charge < -0.3 is 15.2 Å². The van der Waals surface area contributed by atoms with Crippen LogP contribution in [0.25, 0.3) is 0 Å². The Kier molecular flexibility index (Phi) is 6.39. The van der Waals surface area contributed by atoms with E-state index in [9.17, 15) is 14.4 Å². The lowest BCUT2D eigenvalue weighted by Crippen LogP contribution is -2.38. The molecule has 0 spiro atoms. The molecule has 0 radical (unpaired) electrons. The summed E-state index contributed by atoms with van der Waals surface area (Å²) in [6, 6.07) is 5.92. The van der Waals surface area contributed by atoms with Crippen molar-refractivity contribution in [3.63, 3.8) is 0 Å². The zero-order valence-corrected chi connectivity index (χ0v) is 12.1. The Balaban J connectivity index is 2.31. The summed E-state index contributed by atoms with van der Waals surface area (Å²) in [6.07, 6.45) is 0.645. The predicted molar refractivity (Wildman–Crippen MR) is 76.4 cm³/mol. The molecule has 1 aromatic rings. The third-order valence-electron chi connectivity index (χ3n) is 2.81. The summed E-state index contributed by atoms with van der Waals surface area (Å²) in [4.78, 5) is 33.2. The summed E-state index contributed by atoms with van der Waals surface area (Å²) in [5.41, 5.74) is 0.570. The monoisotopic (exact) mass is 293 g/mol. The van der Waals surface area contributed by atoms with Gasteiger partial charge in [-0.3, -0.25) is 14.4 Å². The van der Waals surface area contributed by atoms with Crippen molar-refractivity contribution in [3.8, 4) is 5.75 Å². The van der Waals surface area contributed by atoms with Gasteiger partial charge in [-0.05, 0) is 32.4 Å². The number of carbonyl (C=O) groups excluding carboxylic acids is 2. The Labute approximate surface area is 123 Å². The molecule has 0 aliphatic heterocycles. The number of carboxylic acid groups (broad SMARTS) is 1. The topological polar surface area (TPSA) is 92.7 Å². The first-order valence-electron chi connectivity index (χ1n) is 6.66. The number of amides is 1. The fourth-order valence-electron chi connectivity index (χ4n) is 1.60. The van der Waals surface area contributed by atoms with Crippen LogP contribution in [0, 0.1) is 0 Å². The van der Waals surface area contributed by atoms with E-state index in [1.807, 2.05) is 0 Å². The average Bonchev–Trinajstić information content (AvgIpc) is 2.43. The highest BCUT2D eigenvalue weighted by molar-refractivity contribution is 5.94. The highest BCUT2D eigenvalue weighted by Gasteiger charge is 2.13. The second-order valence-electron chi connectivity index (χ2n) is 4.66. The molecule has 0 heterocycles. The van der Waals surface area contributed by atoms with Crippen molar-refractivity contribution >= 4 is 17.7 Å². The predicted octanol–water partition coefficient (Wildman–Crippen LogP) is 1.64. The lowest BCUT2D eigenvalue weighted by atomic mass is 10.1. The van der Waals surface area contributed by atoms with E-state index in [1.165, 1.54) is 13.8 Å². The molecule has 0 bridgehead atoms. The Morgan fingerprint density at radius 2 is 2.05 bits per heavy atom. The molecule has 114 valence electrons. The first-order chi connectivity index (χ1) is 9.90. The van der Waals surface area contributed by atoms with Crippen LogP contribution < -0.4 is 10.1 Å². The molecule has 1 aromatic carbocycles. The Morgan fingerprint density at radius 3 is 2.67 bits per heavy atom. The number of ether oxygens (including phenoxy) is 1. The minimum atomic E-state index is -1.07. The molecule has 0 saturated heterocycles. The van der Waals surface area contributed by atoms with Crippen molar-refractivity contribution < 1.29 is 24.2 Å². The van der Waals surface area contributed by atoms with Crippen molar-refractivity contribution in [1.82, 2.24) is 5.32 Å². The van der Waals surface area contributed by atoms with Gasteiger partial charge in [0.05, 0.1) is 6.61 Å². The van der Waals surface area contributed by atoms with Crippen molar-refractivity contribution in [2.75, 3.05) is 6.61 Å². The highest BCUT2D eigenvalue weighted by Crippen LogP contribution is 2.14. The average molecular weight is 293 g/mol. The number of nitrogens with one attached hydrogen (secondary N) is 1. The number of aliphatic carboxylic acids is 1. The van der Waals surface area contributed by atoms with E-state index >= 15 is 0 Å². The first kappa shape index (κ1) is 16.7. The minimum Gasteiger partial charge on any atom is -0.494 e. The lowest BCUT2D eigenvalue weighted by molar-refractivity contribution is -0.141. The molecule has 0 aromatic heterocycles. The number of rotatable bonds is 8. The molecular formula is C15H19NO5. The maximum Gasteiger partial charge on any atom is 0.325 e. The maximum atomic E-state index is 11.4. The third-order valence-corrected chi connectivity index (χ3v) is 2.81. The Hall–Kier alpha value is -2.37. The molecule has 0 aliphatic carbocycles. The van der Waals surface area contributed by atoms with E-state index in [-0.39, 0.29) is 18.1 Å². The SMILES string of the molecule is CC(=O)c1cccc(OCCCC(=O)N[C@H](C)C(=O)O)c1. The smallest absolute Gasteiger partial charge is 0.325 e. The molecule has 0 aliphatic rings. The van der Waals surface area contributed by atoms with Crippen LogP contribution in [-0.4, -0.2) is 35.4 Å². The quantitative estimate of drug-likeness (QED) is 0.561. The molecule has 1 amide bonds. The number of benzene rings is 1. The van der Waals surface area contributed by atoms with Crippen LogP contribution in [0.4, 0.5) is 0 Å². The van der Waals surface area contributed by atoms with Crippen LogP contribution in [0.1, 0.15) is 37.0 Å². The summed E-state index contributed by atoms with van der Waals surface area (Å²) < 4.78 is 5.45. The third kappa shape index (κ3) is 6.07. The van der Waals surface area contributed by atoms with Gasteiger partial charge in [-0.1, -0.05) is 12.1 Å². The lowest BCUT2D eigenvalue weighted by Gasteiger charge is -2.10. The molecule has 1 rings (SSSR count). The molecule has 6 heteroatoms. The van der Waals surface area contributed by atoms with Crippen molar-refractivity contribution in [1.29, 1.82) is 0 Å². The standard InChI is InChI=1S/C15H19NO5/c1-10(15(19)20)16-14(18)7-4-8-21-13-6-3-5-12(9-13)11(2)17/h3,5-6,9-10H,4,7-8H2,1-2H3,(H,16,18)(H,19,20)/t10-/m1/s1. The van der Waals surface area contributed by atoms with Crippen molar-refractivity contribution in [2.45, 2.75) is 32.7 Å². The second-order valence-corrected chi connectivity index (χ2v) is 4.66. The van der Waals surface area contributed by atoms with Crippen LogP contribution in [0.15, 0.2) is 24.3 Å². The van der Waals surface area contributed by atoms with Gasteiger partial charge >= 0.3 is 5.97 Å². The van der Waals surface area contributed by atoms with Gasteiger partial charge in [-0.2, -0.15) is 0 Å². The minimum absolute atomic E-state index is 0.0394. The van der Waals surface area contributed by atoms with Crippen LogP contribution in [0.2, 0.25) is 0 Å². The normalized spacial score (nSPS) is 11.5. The number of hydrogen-bond acceptors (Lipinski definition) is 4. The summed E-state index contributed by atoms with van der Waals surface area (Å²) in [6.45, 7) is 3.20. The van der Waals surface area contributed by atoms with Crippen LogP contribution in [0.5, 0.6) is 5.75 Å². The van der Waals surface area contributed by atoms with E-state index in [0.29, 0.717) is 24.3 Å². The largest absolute Gasteiger partial charge is 0.494 e. The van der Waals surface area contributed by atoms with Gasteiger partial charge in [-0.15, -0.1) is 0 Å².